The van der Waals surface area contributed by atoms with Crippen LogP contribution in [0.5, 0.6) is 0 Å². The van der Waals surface area contributed by atoms with Gasteiger partial charge in [0, 0.05) is 27.1 Å². The summed E-state index contributed by atoms with van der Waals surface area (Å²) in [6.45, 7) is 0. The van der Waals surface area contributed by atoms with Crippen molar-refractivity contribution in [3.8, 4) is 11.3 Å². The average Bonchev–Trinajstić information content (AvgIpc) is 2.51. The van der Waals surface area contributed by atoms with E-state index in [2.05, 4.69) is 37.9 Å². The normalized spacial score (nSPS) is 13.9. The van der Waals surface area contributed by atoms with E-state index >= 15 is 0 Å². The van der Waals surface area contributed by atoms with E-state index < -0.39 is 9.84 Å². The number of carbonyl (C=O) groups is 1. The Balaban J connectivity index is 2.30. The minimum atomic E-state index is -3.50. The van der Waals surface area contributed by atoms with Gasteiger partial charge in [-0.15, -0.1) is 0 Å². The second-order valence-electron chi connectivity index (χ2n) is 4.71. The van der Waals surface area contributed by atoms with Gasteiger partial charge in [0.15, 0.2) is 0 Å². The second-order valence-corrected chi connectivity index (χ2v) is 7.87. The van der Waals surface area contributed by atoms with Gasteiger partial charge < -0.3 is 5.32 Å². The number of hydrogen-bond acceptors (Lipinski definition) is 5. The Morgan fingerprint density at radius 1 is 1.33 bits per heavy atom. The van der Waals surface area contributed by atoms with Crippen LogP contribution in [0.1, 0.15) is 5.56 Å². The van der Waals surface area contributed by atoms with Gasteiger partial charge in [-0.1, -0.05) is 0 Å². The number of rotatable bonds is 1. The molecule has 0 saturated heterocycles. The summed E-state index contributed by atoms with van der Waals surface area (Å²) in [4.78, 5) is 19.9. The van der Waals surface area contributed by atoms with Crippen LogP contribution in [-0.4, -0.2) is 30.5 Å². The lowest BCUT2D eigenvalue weighted by atomic mass is 10.1. The van der Waals surface area contributed by atoms with Crippen LogP contribution in [0.4, 0.5) is 5.69 Å². The fourth-order valence-corrected chi connectivity index (χ4v) is 3.12. The Morgan fingerprint density at radius 3 is 2.81 bits per heavy atom. The maximum atomic E-state index is 11.9. The fourth-order valence-electron chi connectivity index (χ4n) is 2.13. The second kappa shape index (κ2) is 5.02. The molecule has 1 aromatic carbocycles. The molecule has 3 rings (SSSR count). The smallest absolute Gasteiger partial charge is 0.247 e. The number of aromatic nitrogens is 2. The van der Waals surface area contributed by atoms with Crippen LogP contribution < -0.4 is 5.32 Å². The van der Waals surface area contributed by atoms with Crippen molar-refractivity contribution < 1.29 is 13.2 Å². The lowest BCUT2D eigenvalue weighted by Crippen LogP contribution is -2.13. The first-order valence-corrected chi connectivity index (χ1v) is 8.97. The van der Waals surface area contributed by atoms with Crippen LogP contribution in [-0.2, 0) is 21.1 Å². The zero-order valence-corrected chi connectivity index (χ0v) is 13.9. The number of carbonyl (C=O) groups excluding carboxylic acids is 1. The maximum Gasteiger partial charge on any atom is 0.247 e. The highest BCUT2D eigenvalue weighted by molar-refractivity contribution is 14.1. The van der Waals surface area contributed by atoms with Crippen LogP contribution in [0.3, 0.4) is 0 Å². The predicted molar refractivity (Wildman–Crippen MR) is 85.6 cm³/mol. The van der Waals surface area contributed by atoms with E-state index in [1.165, 1.54) is 6.20 Å². The van der Waals surface area contributed by atoms with Gasteiger partial charge in [-0.2, -0.15) is 0 Å². The Kier molecular flexibility index (Phi) is 3.44. The van der Waals surface area contributed by atoms with Crippen molar-refractivity contribution in [2.24, 2.45) is 0 Å². The Bertz CT molecular complexity index is 865. The van der Waals surface area contributed by atoms with Crippen molar-refractivity contribution in [1.29, 1.82) is 0 Å². The zero-order chi connectivity index (χ0) is 15.2. The van der Waals surface area contributed by atoms with Crippen molar-refractivity contribution in [3.63, 3.8) is 0 Å². The summed E-state index contributed by atoms with van der Waals surface area (Å²) < 4.78 is 24.2. The molecule has 1 N–H and O–H groups in total. The number of hydrogen-bond donors (Lipinski definition) is 1. The summed E-state index contributed by atoms with van der Waals surface area (Å²) in [6.07, 6.45) is 2.58. The lowest BCUT2D eigenvalue weighted by molar-refractivity contribution is -0.115. The van der Waals surface area contributed by atoms with E-state index in [1.807, 2.05) is 18.2 Å². The molecule has 1 aliphatic rings. The van der Waals surface area contributed by atoms with Crippen LogP contribution in [0.2, 0.25) is 0 Å². The van der Waals surface area contributed by atoms with Gasteiger partial charge in [0.1, 0.15) is 0 Å². The summed E-state index contributed by atoms with van der Waals surface area (Å²) >= 11 is 2.14. The quantitative estimate of drug-likeness (QED) is 0.565. The fraction of sp³-hybridized carbons (Fsp3) is 0.154. The molecule has 1 amide bonds. The van der Waals surface area contributed by atoms with Crippen molar-refractivity contribution in [3.05, 3.63) is 33.5 Å². The minimum absolute atomic E-state index is 0.116. The van der Waals surface area contributed by atoms with Gasteiger partial charge in [-0.3, -0.25) is 4.79 Å². The average molecular weight is 415 g/mol. The molecule has 0 bridgehead atoms. The van der Waals surface area contributed by atoms with Crippen molar-refractivity contribution >= 4 is 44.0 Å². The van der Waals surface area contributed by atoms with E-state index in [-0.39, 0.29) is 17.5 Å². The van der Waals surface area contributed by atoms with E-state index in [0.29, 0.717) is 22.5 Å². The predicted octanol–water partition coefficient (Wildman–Crippen LogP) is 1.65. The molecular weight excluding hydrogens is 405 g/mol. The van der Waals surface area contributed by atoms with Crippen LogP contribution in [0.15, 0.2) is 29.6 Å². The third-order valence-corrected chi connectivity index (χ3v) is 4.57. The molecular formula is C13H10IN3O3S. The number of fused-ring (bicyclic) bond motifs is 3. The third-order valence-electron chi connectivity index (χ3n) is 3.04. The Labute approximate surface area is 135 Å². The van der Waals surface area contributed by atoms with Gasteiger partial charge in [0.05, 0.1) is 17.8 Å². The summed E-state index contributed by atoms with van der Waals surface area (Å²) in [5.41, 5.74) is 2.42. The molecule has 8 heteroatoms. The highest BCUT2D eigenvalue weighted by atomic mass is 127. The van der Waals surface area contributed by atoms with Gasteiger partial charge >= 0.3 is 0 Å². The molecule has 0 atom stereocenters. The number of halogens is 1. The van der Waals surface area contributed by atoms with Crippen LogP contribution in [0, 0.1) is 3.57 Å². The molecule has 0 spiro atoms. The van der Waals surface area contributed by atoms with Gasteiger partial charge in [0.25, 0.3) is 0 Å². The van der Waals surface area contributed by atoms with Crippen molar-refractivity contribution in [2.75, 3.05) is 11.6 Å². The highest BCUT2D eigenvalue weighted by Crippen LogP contribution is 2.33. The van der Waals surface area contributed by atoms with E-state index in [0.717, 1.165) is 9.83 Å². The zero-order valence-electron chi connectivity index (χ0n) is 10.9. The summed E-state index contributed by atoms with van der Waals surface area (Å²) in [6, 6.07) is 5.52. The molecule has 0 radical (unpaired) electrons. The summed E-state index contributed by atoms with van der Waals surface area (Å²) in [5.74, 6) is -0.173. The maximum absolute atomic E-state index is 11.9. The number of nitrogens with one attached hydrogen (secondary N) is 1. The van der Waals surface area contributed by atoms with Gasteiger partial charge in [-0.05, 0) is 40.8 Å². The van der Waals surface area contributed by atoms with E-state index in [4.69, 9.17) is 0 Å². The number of anilines is 1. The van der Waals surface area contributed by atoms with E-state index in [1.54, 1.807) is 0 Å². The lowest BCUT2D eigenvalue weighted by Gasteiger charge is -2.09. The number of benzene rings is 1. The number of sulfone groups is 1. The number of amides is 1. The SMILES string of the molecule is CS(=O)(=O)c1ncc2c(n1)-c1ccc(I)cc1NC(=O)C2. The summed E-state index contributed by atoms with van der Waals surface area (Å²) in [5, 5.41) is 2.57. The molecule has 0 fully saturated rings. The third kappa shape index (κ3) is 2.77. The van der Waals surface area contributed by atoms with Gasteiger partial charge in [-0.25, -0.2) is 18.4 Å². The van der Waals surface area contributed by atoms with Crippen molar-refractivity contribution in [2.45, 2.75) is 11.6 Å². The Morgan fingerprint density at radius 2 is 2.10 bits per heavy atom. The largest absolute Gasteiger partial charge is 0.325 e. The first-order chi connectivity index (χ1) is 9.84. The van der Waals surface area contributed by atoms with Crippen LogP contribution >= 0.6 is 22.6 Å². The summed E-state index contributed by atoms with van der Waals surface area (Å²) in [7, 11) is -3.50. The molecule has 1 aliphatic heterocycles. The first-order valence-electron chi connectivity index (χ1n) is 6.00. The molecule has 6 nitrogen and oxygen atoms in total. The van der Waals surface area contributed by atoms with E-state index in [9.17, 15) is 13.2 Å². The topological polar surface area (TPSA) is 89.0 Å². The molecule has 0 unspecified atom stereocenters. The van der Waals surface area contributed by atoms with Crippen LogP contribution in [0.25, 0.3) is 11.3 Å². The molecule has 0 saturated carbocycles. The Hall–Kier alpha value is -1.55. The number of nitrogens with zero attached hydrogens (tertiary/aromatic N) is 2. The molecule has 21 heavy (non-hydrogen) atoms. The molecule has 2 aromatic rings. The van der Waals surface area contributed by atoms with Gasteiger partial charge in [0.2, 0.25) is 20.9 Å². The van der Waals surface area contributed by atoms with Crippen molar-refractivity contribution in [1.82, 2.24) is 9.97 Å². The molecule has 1 aromatic heterocycles. The molecule has 2 heterocycles. The molecule has 108 valence electrons. The minimum Gasteiger partial charge on any atom is -0.325 e. The highest BCUT2D eigenvalue weighted by Gasteiger charge is 2.23. The monoisotopic (exact) mass is 415 g/mol. The standard InChI is InChI=1S/C13H10IN3O3S/c1-21(19,20)13-15-6-7-4-11(18)16-10-5-8(14)2-3-9(10)12(7)17-13/h2-3,5-6H,4H2,1H3,(H,16,18). The first kappa shape index (κ1) is 14.4. The molecule has 0 aliphatic carbocycles.